The highest BCUT2D eigenvalue weighted by Gasteiger charge is 2.23. The normalized spacial score (nSPS) is 11.1. The molecule has 5 nitrogen and oxygen atoms in total. The van der Waals surface area contributed by atoms with Crippen molar-refractivity contribution in [3.8, 4) is 11.1 Å². The predicted octanol–water partition coefficient (Wildman–Crippen LogP) is 4.59. The molecule has 0 spiro atoms. The van der Waals surface area contributed by atoms with Crippen LogP contribution in [0.25, 0.3) is 11.1 Å². The zero-order chi connectivity index (χ0) is 19.4. The Morgan fingerprint density at radius 1 is 0.963 bits per heavy atom. The van der Waals surface area contributed by atoms with Crippen LogP contribution < -0.4 is 5.32 Å². The van der Waals surface area contributed by atoms with Crippen molar-refractivity contribution in [2.24, 2.45) is 0 Å². The number of nitrogens with one attached hydrogen (secondary N) is 1. The van der Waals surface area contributed by atoms with E-state index in [1.807, 2.05) is 30.3 Å². The summed E-state index contributed by atoms with van der Waals surface area (Å²) in [6.07, 6.45) is 0. The first-order chi connectivity index (χ1) is 12.9. The van der Waals surface area contributed by atoms with Crippen molar-refractivity contribution < 1.29 is 18.3 Å². The van der Waals surface area contributed by atoms with E-state index >= 15 is 0 Å². The largest absolute Gasteiger partial charge is 0.478 e. The van der Waals surface area contributed by atoms with E-state index in [-0.39, 0.29) is 10.5 Å². The van der Waals surface area contributed by atoms with Gasteiger partial charge >= 0.3 is 5.97 Å². The van der Waals surface area contributed by atoms with Gasteiger partial charge in [-0.1, -0.05) is 60.7 Å². The highest BCUT2D eigenvalue weighted by atomic mass is 35.7. The summed E-state index contributed by atoms with van der Waals surface area (Å²) >= 11 is 0. The quantitative estimate of drug-likeness (QED) is 0.590. The lowest BCUT2D eigenvalue weighted by Gasteiger charge is -2.17. The summed E-state index contributed by atoms with van der Waals surface area (Å²) in [7, 11) is 1.46. The topological polar surface area (TPSA) is 83.5 Å². The molecule has 0 saturated carbocycles. The highest BCUT2D eigenvalue weighted by molar-refractivity contribution is 8.13. The molecular formula is C20H16ClNO4S. The first-order valence-electron chi connectivity index (χ1n) is 8.05. The molecule has 0 fully saturated rings. The Labute approximate surface area is 161 Å². The monoisotopic (exact) mass is 401 g/mol. The second kappa shape index (κ2) is 7.82. The van der Waals surface area contributed by atoms with Gasteiger partial charge in [-0.05, 0) is 23.3 Å². The van der Waals surface area contributed by atoms with Crippen molar-refractivity contribution in [1.82, 2.24) is 0 Å². The predicted molar refractivity (Wildman–Crippen MR) is 106 cm³/mol. The number of benzene rings is 3. The molecule has 3 aromatic rings. The number of carbonyl (C=O) groups is 1. The van der Waals surface area contributed by atoms with E-state index in [2.05, 4.69) is 5.32 Å². The van der Waals surface area contributed by atoms with E-state index in [0.29, 0.717) is 23.4 Å². The zero-order valence-corrected chi connectivity index (χ0v) is 15.7. The Balaban J connectivity index is 2.19. The molecule has 2 N–H and O–H groups in total. The maximum atomic E-state index is 12.2. The van der Waals surface area contributed by atoms with Crippen LogP contribution in [0.2, 0.25) is 0 Å². The van der Waals surface area contributed by atoms with E-state index in [4.69, 9.17) is 10.7 Å². The molecule has 0 atom stereocenters. The van der Waals surface area contributed by atoms with Crippen LogP contribution in [-0.4, -0.2) is 19.5 Å². The SMILES string of the molecule is O=C(O)c1cc(NCc2ccccc2)c(-c2ccccc2)c(S(=O)(=O)Cl)c1. The smallest absolute Gasteiger partial charge is 0.335 e. The van der Waals surface area contributed by atoms with Gasteiger partial charge in [0.1, 0.15) is 0 Å². The molecule has 0 saturated heterocycles. The lowest BCUT2D eigenvalue weighted by Crippen LogP contribution is -2.08. The molecule has 0 aromatic heterocycles. The third-order valence-corrected chi connectivity index (χ3v) is 5.35. The fraction of sp³-hybridized carbons (Fsp3) is 0.0500. The van der Waals surface area contributed by atoms with Crippen LogP contribution in [-0.2, 0) is 15.6 Å². The Morgan fingerprint density at radius 2 is 1.56 bits per heavy atom. The molecule has 3 rings (SSSR count). The third kappa shape index (κ3) is 4.48. The second-order valence-corrected chi connectivity index (χ2v) is 8.38. The van der Waals surface area contributed by atoms with E-state index < -0.39 is 15.0 Å². The van der Waals surface area contributed by atoms with Gasteiger partial charge in [0.25, 0.3) is 9.05 Å². The van der Waals surface area contributed by atoms with Crippen LogP contribution >= 0.6 is 10.7 Å². The minimum absolute atomic E-state index is 0.163. The fourth-order valence-corrected chi connectivity index (χ4v) is 3.87. The maximum Gasteiger partial charge on any atom is 0.335 e. The summed E-state index contributed by atoms with van der Waals surface area (Å²) in [4.78, 5) is 11.2. The molecule has 0 aliphatic rings. The molecule has 3 aromatic carbocycles. The lowest BCUT2D eigenvalue weighted by atomic mass is 10.0. The Morgan fingerprint density at radius 3 is 2.11 bits per heavy atom. The fourth-order valence-electron chi connectivity index (χ4n) is 2.77. The van der Waals surface area contributed by atoms with Crippen LogP contribution in [0, 0.1) is 0 Å². The van der Waals surface area contributed by atoms with Crippen molar-refractivity contribution in [2.45, 2.75) is 11.4 Å². The van der Waals surface area contributed by atoms with Gasteiger partial charge < -0.3 is 10.4 Å². The number of anilines is 1. The maximum absolute atomic E-state index is 12.2. The number of carboxylic acids is 1. The first-order valence-corrected chi connectivity index (χ1v) is 10.4. The molecule has 0 unspecified atom stereocenters. The lowest BCUT2D eigenvalue weighted by molar-refractivity contribution is 0.0696. The third-order valence-electron chi connectivity index (χ3n) is 4.00. The average Bonchev–Trinajstić information content (AvgIpc) is 2.66. The summed E-state index contributed by atoms with van der Waals surface area (Å²) in [5.74, 6) is -1.24. The number of aromatic carboxylic acids is 1. The molecule has 0 aliphatic carbocycles. The minimum Gasteiger partial charge on any atom is -0.478 e. The second-order valence-electron chi connectivity index (χ2n) is 5.85. The first kappa shape index (κ1) is 18.9. The van der Waals surface area contributed by atoms with Crippen molar-refractivity contribution in [2.75, 3.05) is 5.32 Å². The summed E-state index contributed by atoms with van der Waals surface area (Å²) < 4.78 is 24.3. The Bertz CT molecular complexity index is 1070. The van der Waals surface area contributed by atoms with Crippen molar-refractivity contribution in [3.63, 3.8) is 0 Å². The minimum atomic E-state index is -4.17. The van der Waals surface area contributed by atoms with Gasteiger partial charge in [-0.25, -0.2) is 13.2 Å². The van der Waals surface area contributed by atoms with Crippen LogP contribution in [0.3, 0.4) is 0 Å². The van der Waals surface area contributed by atoms with E-state index in [1.54, 1.807) is 30.3 Å². The zero-order valence-electron chi connectivity index (χ0n) is 14.1. The molecule has 0 amide bonds. The molecule has 7 heteroatoms. The summed E-state index contributed by atoms with van der Waals surface area (Å²) in [6.45, 7) is 0.394. The molecule has 0 heterocycles. The number of hydrogen-bond donors (Lipinski definition) is 2. The van der Waals surface area contributed by atoms with Crippen LogP contribution in [0.1, 0.15) is 15.9 Å². The number of halogens is 1. The Hall–Kier alpha value is -2.83. The van der Waals surface area contributed by atoms with Crippen LogP contribution in [0.15, 0.2) is 77.7 Å². The van der Waals surface area contributed by atoms with E-state index in [0.717, 1.165) is 11.6 Å². The average molecular weight is 402 g/mol. The van der Waals surface area contributed by atoms with E-state index in [1.165, 1.54) is 6.07 Å². The number of rotatable bonds is 6. The van der Waals surface area contributed by atoms with Crippen molar-refractivity contribution >= 4 is 31.4 Å². The summed E-state index contributed by atoms with van der Waals surface area (Å²) in [5.41, 5.74) is 2.14. The van der Waals surface area contributed by atoms with Gasteiger partial charge in [0, 0.05) is 28.5 Å². The van der Waals surface area contributed by atoms with Gasteiger partial charge in [-0.3, -0.25) is 0 Å². The Kier molecular flexibility index (Phi) is 5.48. The molecule has 138 valence electrons. The number of hydrogen-bond acceptors (Lipinski definition) is 4. The van der Waals surface area contributed by atoms with Gasteiger partial charge in [0.2, 0.25) is 0 Å². The summed E-state index contributed by atoms with van der Waals surface area (Å²) in [6, 6.07) is 20.8. The number of carboxylic acid groups (broad SMARTS) is 1. The molecule has 0 radical (unpaired) electrons. The van der Waals surface area contributed by atoms with Crippen LogP contribution in [0.5, 0.6) is 0 Å². The van der Waals surface area contributed by atoms with Gasteiger partial charge in [-0.2, -0.15) is 0 Å². The van der Waals surface area contributed by atoms with Crippen molar-refractivity contribution in [1.29, 1.82) is 0 Å². The summed E-state index contributed by atoms with van der Waals surface area (Å²) in [5, 5.41) is 12.5. The standard InChI is InChI=1S/C20H16ClNO4S/c21-27(25,26)18-12-16(20(23)24)11-17(19(18)15-9-5-2-6-10-15)22-13-14-7-3-1-4-8-14/h1-12,22H,13H2,(H,23,24). The van der Waals surface area contributed by atoms with Crippen LogP contribution in [0.4, 0.5) is 5.69 Å². The molecule has 0 aliphatic heterocycles. The highest BCUT2D eigenvalue weighted by Crippen LogP contribution is 2.37. The van der Waals surface area contributed by atoms with Gasteiger partial charge in [-0.15, -0.1) is 0 Å². The molecule has 0 bridgehead atoms. The molecular weight excluding hydrogens is 386 g/mol. The van der Waals surface area contributed by atoms with Crippen molar-refractivity contribution in [3.05, 3.63) is 83.9 Å². The van der Waals surface area contributed by atoms with E-state index in [9.17, 15) is 18.3 Å². The molecule has 27 heavy (non-hydrogen) atoms. The van der Waals surface area contributed by atoms with Gasteiger partial charge in [0.15, 0.2) is 0 Å². The van der Waals surface area contributed by atoms with Gasteiger partial charge in [0.05, 0.1) is 10.5 Å².